The maximum atomic E-state index is 12.6. The maximum absolute atomic E-state index is 12.6. The van der Waals surface area contributed by atoms with Crippen LogP contribution in [0.5, 0.6) is 0 Å². The number of amides is 1. The molecule has 0 aromatic carbocycles. The molecule has 0 aliphatic heterocycles. The molecule has 0 aromatic heterocycles. The van der Waals surface area contributed by atoms with Crippen LogP contribution in [0.1, 0.15) is 57.8 Å². The molecule has 4 heteroatoms. The van der Waals surface area contributed by atoms with Crippen LogP contribution in [0.2, 0.25) is 0 Å². The highest BCUT2D eigenvalue weighted by Gasteiger charge is 2.46. The van der Waals surface area contributed by atoms with E-state index in [1.807, 2.05) is 6.07 Å². The molecule has 0 heterocycles. The summed E-state index contributed by atoms with van der Waals surface area (Å²) in [6.07, 6.45) is 9.78. The number of nitrogens with zero attached hydrogens (tertiary/aromatic N) is 1. The SMILES string of the molecule is N#C[C@H](C(=O)NC1CCCCC1)C(=O)[C@H]1C[C@H]2CC[C@H]1C2. The number of nitriles is 1. The molecular formula is C17H24N2O2. The molecule has 4 atom stereocenters. The molecule has 3 aliphatic rings. The first-order chi connectivity index (χ1) is 10.2. The second-order valence-corrected chi connectivity index (χ2v) is 7.09. The Labute approximate surface area is 126 Å². The lowest BCUT2D eigenvalue weighted by Gasteiger charge is -2.25. The smallest absolute Gasteiger partial charge is 0.245 e. The first-order valence-electron chi connectivity index (χ1n) is 8.42. The second kappa shape index (κ2) is 6.17. The minimum Gasteiger partial charge on any atom is -0.352 e. The van der Waals surface area contributed by atoms with Crippen molar-refractivity contribution in [3.63, 3.8) is 0 Å². The summed E-state index contributed by atoms with van der Waals surface area (Å²) in [5.74, 6) is -0.498. The highest BCUT2D eigenvalue weighted by molar-refractivity contribution is 6.05. The van der Waals surface area contributed by atoms with E-state index in [1.165, 1.54) is 12.8 Å². The van der Waals surface area contributed by atoms with Gasteiger partial charge in [0.05, 0.1) is 6.07 Å². The average Bonchev–Trinajstić information content (AvgIpc) is 3.11. The van der Waals surface area contributed by atoms with Crippen LogP contribution in [0, 0.1) is 35.0 Å². The van der Waals surface area contributed by atoms with E-state index >= 15 is 0 Å². The fourth-order valence-corrected chi connectivity index (χ4v) is 4.59. The molecule has 3 fully saturated rings. The van der Waals surface area contributed by atoms with Crippen LogP contribution in [-0.4, -0.2) is 17.7 Å². The van der Waals surface area contributed by atoms with Crippen molar-refractivity contribution in [2.75, 3.05) is 0 Å². The van der Waals surface area contributed by atoms with Crippen LogP contribution in [-0.2, 0) is 9.59 Å². The van der Waals surface area contributed by atoms with Gasteiger partial charge in [0.25, 0.3) is 0 Å². The monoisotopic (exact) mass is 288 g/mol. The molecule has 114 valence electrons. The van der Waals surface area contributed by atoms with Gasteiger partial charge in [-0.15, -0.1) is 0 Å². The van der Waals surface area contributed by atoms with Crippen LogP contribution in [0.15, 0.2) is 0 Å². The first kappa shape index (κ1) is 14.6. The summed E-state index contributed by atoms with van der Waals surface area (Å²) in [7, 11) is 0. The minimum atomic E-state index is -1.09. The van der Waals surface area contributed by atoms with Gasteiger partial charge in [-0.1, -0.05) is 25.7 Å². The molecule has 4 nitrogen and oxygen atoms in total. The Hall–Kier alpha value is -1.37. The van der Waals surface area contributed by atoms with Crippen LogP contribution in [0.4, 0.5) is 0 Å². The lowest BCUT2D eigenvalue weighted by Crippen LogP contribution is -2.43. The number of rotatable bonds is 4. The van der Waals surface area contributed by atoms with Gasteiger partial charge in [-0.05, 0) is 43.9 Å². The molecule has 1 amide bonds. The van der Waals surface area contributed by atoms with E-state index < -0.39 is 5.92 Å². The largest absolute Gasteiger partial charge is 0.352 e. The summed E-state index contributed by atoms with van der Waals surface area (Å²) in [5.41, 5.74) is 0. The Balaban J connectivity index is 1.60. The Morgan fingerprint density at radius 1 is 1.05 bits per heavy atom. The van der Waals surface area contributed by atoms with Gasteiger partial charge in [0.15, 0.2) is 11.7 Å². The Kier molecular flexibility index (Phi) is 4.28. The van der Waals surface area contributed by atoms with E-state index in [4.69, 9.17) is 0 Å². The number of carbonyl (C=O) groups is 2. The van der Waals surface area contributed by atoms with Crippen LogP contribution in [0.3, 0.4) is 0 Å². The number of fused-ring (bicyclic) bond motifs is 2. The molecule has 3 rings (SSSR count). The molecule has 0 aromatic rings. The maximum Gasteiger partial charge on any atom is 0.245 e. The van der Waals surface area contributed by atoms with Crippen molar-refractivity contribution in [3.05, 3.63) is 0 Å². The van der Waals surface area contributed by atoms with Crippen molar-refractivity contribution in [2.24, 2.45) is 23.7 Å². The number of carbonyl (C=O) groups excluding carboxylic acids is 2. The number of nitrogens with one attached hydrogen (secondary N) is 1. The van der Waals surface area contributed by atoms with Crippen molar-refractivity contribution < 1.29 is 9.59 Å². The molecule has 1 N–H and O–H groups in total. The van der Waals surface area contributed by atoms with Crippen LogP contribution < -0.4 is 5.32 Å². The molecule has 0 saturated heterocycles. The summed E-state index contributed by atoms with van der Waals surface area (Å²) in [5, 5.41) is 12.2. The number of hydrogen-bond acceptors (Lipinski definition) is 3. The highest BCUT2D eigenvalue weighted by Crippen LogP contribution is 2.49. The number of Topliss-reactive ketones (excluding diaryl/α,β-unsaturated/α-hetero) is 1. The zero-order valence-electron chi connectivity index (χ0n) is 12.5. The zero-order chi connectivity index (χ0) is 14.8. The van der Waals surface area contributed by atoms with Crippen LogP contribution >= 0.6 is 0 Å². The molecule has 0 unspecified atom stereocenters. The number of ketones is 1. The third-order valence-corrected chi connectivity index (χ3v) is 5.73. The van der Waals surface area contributed by atoms with E-state index in [9.17, 15) is 14.9 Å². The Morgan fingerprint density at radius 3 is 2.38 bits per heavy atom. The third-order valence-electron chi connectivity index (χ3n) is 5.73. The second-order valence-electron chi connectivity index (χ2n) is 7.09. The predicted octanol–water partition coefficient (Wildman–Crippen LogP) is 2.58. The quantitative estimate of drug-likeness (QED) is 0.808. The Bertz CT molecular complexity index is 462. The highest BCUT2D eigenvalue weighted by atomic mass is 16.2. The average molecular weight is 288 g/mol. The van der Waals surface area contributed by atoms with E-state index in [1.54, 1.807) is 0 Å². The van der Waals surface area contributed by atoms with Crippen molar-refractivity contribution in [1.29, 1.82) is 5.26 Å². The fraction of sp³-hybridized carbons (Fsp3) is 0.824. The van der Waals surface area contributed by atoms with Gasteiger partial charge in [-0.25, -0.2) is 0 Å². The topological polar surface area (TPSA) is 70.0 Å². The van der Waals surface area contributed by atoms with Gasteiger partial charge < -0.3 is 5.32 Å². The first-order valence-corrected chi connectivity index (χ1v) is 8.42. The lowest BCUT2D eigenvalue weighted by atomic mass is 9.81. The number of hydrogen-bond donors (Lipinski definition) is 1. The molecular weight excluding hydrogens is 264 g/mol. The van der Waals surface area contributed by atoms with E-state index in [2.05, 4.69) is 5.32 Å². The zero-order valence-corrected chi connectivity index (χ0v) is 12.5. The summed E-state index contributed by atoms with van der Waals surface area (Å²) < 4.78 is 0. The van der Waals surface area contributed by atoms with Crippen molar-refractivity contribution in [2.45, 2.75) is 63.8 Å². The van der Waals surface area contributed by atoms with Gasteiger partial charge in [-0.2, -0.15) is 5.26 Å². The normalized spacial score (nSPS) is 33.4. The minimum absolute atomic E-state index is 0.0366. The van der Waals surface area contributed by atoms with Gasteiger partial charge in [-0.3, -0.25) is 9.59 Å². The summed E-state index contributed by atoms with van der Waals surface area (Å²) in [4.78, 5) is 24.9. The molecule has 2 bridgehead atoms. The van der Waals surface area contributed by atoms with Gasteiger partial charge in [0.2, 0.25) is 5.91 Å². The summed E-state index contributed by atoms with van der Waals surface area (Å²) in [6, 6.07) is 2.13. The standard InChI is InChI=1S/C17H24N2O2/c18-10-15(17(21)19-13-4-2-1-3-5-13)16(20)14-9-11-6-7-12(14)8-11/h11-15H,1-9H2,(H,19,21)/t11-,12-,14-,15-/m0/s1. The van der Waals surface area contributed by atoms with Gasteiger partial charge in [0, 0.05) is 12.0 Å². The van der Waals surface area contributed by atoms with E-state index in [-0.39, 0.29) is 23.7 Å². The van der Waals surface area contributed by atoms with Crippen molar-refractivity contribution >= 4 is 11.7 Å². The van der Waals surface area contributed by atoms with E-state index in [0.29, 0.717) is 11.8 Å². The molecule has 0 radical (unpaired) electrons. The third kappa shape index (κ3) is 2.97. The van der Waals surface area contributed by atoms with Gasteiger partial charge in [0.1, 0.15) is 0 Å². The molecule has 3 aliphatic carbocycles. The van der Waals surface area contributed by atoms with Crippen molar-refractivity contribution in [3.8, 4) is 6.07 Å². The molecule has 0 spiro atoms. The van der Waals surface area contributed by atoms with Crippen LogP contribution in [0.25, 0.3) is 0 Å². The summed E-state index contributed by atoms with van der Waals surface area (Å²) in [6.45, 7) is 0. The van der Waals surface area contributed by atoms with E-state index in [0.717, 1.165) is 44.9 Å². The molecule has 3 saturated carbocycles. The van der Waals surface area contributed by atoms with Crippen molar-refractivity contribution in [1.82, 2.24) is 5.32 Å². The molecule has 21 heavy (non-hydrogen) atoms. The Morgan fingerprint density at radius 2 is 1.81 bits per heavy atom. The van der Waals surface area contributed by atoms with Gasteiger partial charge >= 0.3 is 0 Å². The fourth-order valence-electron chi connectivity index (χ4n) is 4.59. The lowest BCUT2D eigenvalue weighted by molar-refractivity contribution is -0.135. The predicted molar refractivity (Wildman–Crippen MR) is 78.1 cm³/mol. The summed E-state index contributed by atoms with van der Waals surface area (Å²) >= 11 is 0.